The number of hydrogen-bond acceptors (Lipinski definition) is 4. The molecule has 1 fully saturated rings. The molecule has 134 valence electrons. The van der Waals surface area contributed by atoms with E-state index in [1.54, 1.807) is 25.5 Å². The zero-order valence-electron chi connectivity index (χ0n) is 13.9. The van der Waals surface area contributed by atoms with Crippen LogP contribution in [0.3, 0.4) is 0 Å². The van der Waals surface area contributed by atoms with E-state index in [1.807, 2.05) is 4.90 Å². The average molecular weight is 351 g/mol. The Morgan fingerprint density at radius 1 is 1.24 bits per heavy atom. The fourth-order valence-corrected chi connectivity index (χ4v) is 3.23. The maximum absolute atomic E-state index is 12.9. The molecule has 0 saturated carbocycles. The number of aliphatic hydroxyl groups is 1. The molecule has 4 nitrogen and oxygen atoms in total. The summed E-state index contributed by atoms with van der Waals surface area (Å²) in [5.41, 5.74) is 1.63. The van der Waals surface area contributed by atoms with Gasteiger partial charge in [0.15, 0.2) is 0 Å². The number of hydrogen-bond donors (Lipinski definition) is 1. The average Bonchev–Trinajstić information content (AvgIpc) is 2.89. The summed E-state index contributed by atoms with van der Waals surface area (Å²) in [5, 5.41) is 10.3. The van der Waals surface area contributed by atoms with Gasteiger partial charge in [-0.25, -0.2) is 0 Å². The van der Waals surface area contributed by atoms with Gasteiger partial charge in [-0.15, -0.1) is 0 Å². The lowest BCUT2D eigenvalue weighted by Gasteiger charge is -2.18. The van der Waals surface area contributed by atoms with E-state index in [0.717, 1.165) is 17.3 Å². The summed E-state index contributed by atoms with van der Waals surface area (Å²) in [7, 11) is 0. The first-order valence-corrected chi connectivity index (χ1v) is 8.15. The quantitative estimate of drug-likeness (QED) is 0.920. The van der Waals surface area contributed by atoms with Gasteiger partial charge in [0.05, 0.1) is 17.4 Å². The second-order valence-corrected chi connectivity index (χ2v) is 6.56. The molecular weight excluding hydrogens is 331 g/mol. The number of β-amino-alcohol motifs (C(OH)–C–C–N with tert-alkyl or cyclic N) is 1. The van der Waals surface area contributed by atoms with E-state index in [0.29, 0.717) is 31.6 Å². The Labute approximate surface area is 144 Å². The summed E-state index contributed by atoms with van der Waals surface area (Å²) in [6.45, 7) is 3.26. The van der Waals surface area contributed by atoms with Crippen LogP contribution < -0.4 is 0 Å². The number of aliphatic hydroxyl groups excluding tert-OH is 1. The van der Waals surface area contributed by atoms with Crippen LogP contribution in [0.15, 0.2) is 36.8 Å². The lowest BCUT2D eigenvalue weighted by atomic mass is 10.0. The predicted molar refractivity (Wildman–Crippen MR) is 86.7 cm³/mol. The first kappa shape index (κ1) is 17.8. The highest BCUT2D eigenvalue weighted by atomic mass is 19.4. The summed E-state index contributed by atoms with van der Waals surface area (Å²) in [6, 6.07) is 3.81. The summed E-state index contributed by atoms with van der Waals surface area (Å²) in [5.74, 6) is 0.00260. The van der Waals surface area contributed by atoms with E-state index in [1.165, 1.54) is 12.1 Å². The molecule has 1 aliphatic rings. The molecule has 2 atom stereocenters. The number of alkyl halides is 3. The molecule has 1 aliphatic heterocycles. The summed E-state index contributed by atoms with van der Waals surface area (Å²) in [4.78, 5) is 10.2. The van der Waals surface area contributed by atoms with Crippen LogP contribution in [-0.2, 0) is 19.1 Å². The lowest BCUT2D eigenvalue weighted by Crippen LogP contribution is -2.22. The molecule has 0 aliphatic carbocycles. The van der Waals surface area contributed by atoms with Crippen molar-refractivity contribution in [2.24, 2.45) is 5.92 Å². The zero-order chi connectivity index (χ0) is 18.0. The monoisotopic (exact) mass is 351 g/mol. The molecule has 0 unspecified atom stereocenters. The van der Waals surface area contributed by atoms with Crippen molar-refractivity contribution in [1.82, 2.24) is 14.9 Å². The van der Waals surface area contributed by atoms with Gasteiger partial charge in [-0.2, -0.15) is 13.2 Å². The van der Waals surface area contributed by atoms with Gasteiger partial charge in [0.25, 0.3) is 0 Å². The molecule has 1 N–H and O–H groups in total. The van der Waals surface area contributed by atoms with Crippen LogP contribution in [0.1, 0.15) is 22.4 Å². The van der Waals surface area contributed by atoms with Crippen molar-refractivity contribution >= 4 is 0 Å². The first-order valence-electron chi connectivity index (χ1n) is 8.15. The standard InChI is InChI=1S/C18H20F3N3O/c1-12-2-3-15(18(19,20)21)6-13(12)9-24-10-14(17(25)11-24)7-16-8-22-4-5-23-16/h2-6,8,14,17,25H,7,9-11H2,1H3/t14-,17-/m1/s1. The number of aryl methyl sites for hydroxylation is 1. The van der Waals surface area contributed by atoms with Crippen molar-refractivity contribution in [1.29, 1.82) is 0 Å². The number of rotatable bonds is 4. The maximum atomic E-state index is 12.9. The Morgan fingerprint density at radius 2 is 2.04 bits per heavy atom. The Kier molecular flexibility index (Phi) is 5.06. The number of likely N-dealkylation sites (tertiary alicyclic amines) is 1. The molecule has 0 radical (unpaired) electrons. The van der Waals surface area contributed by atoms with Crippen molar-refractivity contribution in [3.63, 3.8) is 0 Å². The minimum atomic E-state index is -4.35. The van der Waals surface area contributed by atoms with Gasteiger partial charge in [0.2, 0.25) is 0 Å². The molecule has 1 saturated heterocycles. The topological polar surface area (TPSA) is 49.2 Å². The van der Waals surface area contributed by atoms with Crippen LogP contribution in [0, 0.1) is 12.8 Å². The Morgan fingerprint density at radius 3 is 2.72 bits per heavy atom. The molecule has 2 aromatic rings. The van der Waals surface area contributed by atoms with Gasteiger partial charge in [-0.3, -0.25) is 14.9 Å². The van der Waals surface area contributed by atoms with Crippen molar-refractivity contribution in [2.75, 3.05) is 13.1 Å². The fraction of sp³-hybridized carbons (Fsp3) is 0.444. The van der Waals surface area contributed by atoms with Crippen LogP contribution in [0.25, 0.3) is 0 Å². The number of nitrogens with zero attached hydrogens (tertiary/aromatic N) is 3. The van der Waals surface area contributed by atoms with Crippen molar-refractivity contribution < 1.29 is 18.3 Å². The Hall–Kier alpha value is -1.99. The minimum Gasteiger partial charge on any atom is -0.391 e. The van der Waals surface area contributed by atoms with Crippen molar-refractivity contribution in [3.05, 3.63) is 59.2 Å². The molecule has 2 heterocycles. The van der Waals surface area contributed by atoms with E-state index < -0.39 is 17.8 Å². The molecule has 0 amide bonds. The number of aromatic nitrogens is 2. The van der Waals surface area contributed by atoms with E-state index in [-0.39, 0.29) is 5.92 Å². The van der Waals surface area contributed by atoms with Crippen LogP contribution in [0.2, 0.25) is 0 Å². The van der Waals surface area contributed by atoms with E-state index in [4.69, 9.17) is 0 Å². The molecular formula is C18H20F3N3O. The third kappa shape index (κ3) is 4.35. The van der Waals surface area contributed by atoms with Gasteiger partial charge in [-0.05, 0) is 36.6 Å². The zero-order valence-corrected chi connectivity index (χ0v) is 13.9. The van der Waals surface area contributed by atoms with Crippen LogP contribution >= 0.6 is 0 Å². The molecule has 0 spiro atoms. The highest BCUT2D eigenvalue weighted by Crippen LogP contribution is 2.31. The lowest BCUT2D eigenvalue weighted by molar-refractivity contribution is -0.137. The van der Waals surface area contributed by atoms with Gasteiger partial charge in [0, 0.05) is 44.1 Å². The van der Waals surface area contributed by atoms with E-state index in [9.17, 15) is 18.3 Å². The third-order valence-corrected chi connectivity index (χ3v) is 4.64. The van der Waals surface area contributed by atoms with Crippen LogP contribution in [0.4, 0.5) is 13.2 Å². The predicted octanol–water partition coefficient (Wildman–Crippen LogP) is 2.84. The van der Waals surface area contributed by atoms with E-state index in [2.05, 4.69) is 9.97 Å². The highest BCUT2D eigenvalue weighted by molar-refractivity contribution is 5.32. The Balaban J connectivity index is 1.68. The molecule has 1 aromatic heterocycles. The van der Waals surface area contributed by atoms with Crippen molar-refractivity contribution in [3.8, 4) is 0 Å². The fourth-order valence-electron chi connectivity index (χ4n) is 3.23. The molecule has 0 bridgehead atoms. The largest absolute Gasteiger partial charge is 0.416 e. The van der Waals surface area contributed by atoms with E-state index >= 15 is 0 Å². The minimum absolute atomic E-state index is 0.00260. The summed E-state index contributed by atoms with van der Waals surface area (Å²) < 4.78 is 38.7. The first-order chi connectivity index (χ1) is 11.8. The van der Waals surface area contributed by atoms with Crippen LogP contribution in [0.5, 0.6) is 0 Å². The molecule has 1 aromatic carbocycles. The SMILES string of the molecule is Cc1ccc(C(F)(F)F)cc1CN1C[C@@H](Cc2cnccn2)[C@H](O)C1. The number of halogens is 3. The summed E-state index contributed by atoms with van der Waals surface area (Å²) >= 11 is 0. The second kappa shape index (κ2) is 7.09. The molecule has 25 heavy (non-hydrogen) atoms. The van der Waals surface area contributed by atoms with Gasteiger partial charge >= 0.3 is 6.18 Å². The number of benzene rings is 1. The highest BCUT2D eigenvalue weighted by Gasteiger charge is 2.33. The van der Waals surface area contributed by atoms with Crippen molar-refractivity contribution in [2.45, 2.75) is 32.2 Å². The van der Waals surface area contributed by atoms with Gasteiger partial charge < -0.3 is 5.11 Å². The molecule has 7 heteroatoms. The summed E-state index contributed by atoms with van der Waals surface area (Å²) in [6.07, 6.45) is 0.617. The van der Waals surface area contributed by atoms with Gasteiger partial charge in [-0.1, -0.05) is 6.07 Å². The maximum Gasteiger partial charge on any atom is 0.416 e. The smallest absolute Gasteiger partial charge is 0.391 e. The third-order valence-electron chi connectivity index (χ3n) is 4.64. The Bertz CT molecular complexity index is 721. The normalized spacial score (nSPS) is 21.6. The van der Waals surface area contributed by atoms with Gasteiger partial charge in [0.1, 0.15) is 0 Å². The molecule has 3 rings (SSSR count). The van der Waals surface area contributed by atoms with Crippen LogP contribution in [-0.4, -0.2) is 39.2 Å². The second-order valence-electron chi connectivity index (χ2n) is 6.56.